The Morgan fingerprint density at radius 1 is 1.11 bits per heavy atom. The molecule has 0 spiro atoms. The molecule has 0 fully saturated rings. The van der Waals surface area contributed by atoms with Crippen LogP contribution in [0.25, 0.3) is 0 Å². The summed E-state index contributed by atoms with van der Waals surface area (Å²) in [7, 11) is 1.45. The second kappa shape index (κ2) is 6.20. The van der Waals surface area contributed by atoms with Crippen LogP contribution in [0.3, 0.4) is 0 Å². The highest BCUT2D eigenvalue weighted by atomic mass is 19.1. The van der Waals surface area contributed by atoms with Gasteiger partial charge in [-0.2, -0.15) is 0 Å². The minimum atomic E-state index is -0.330. The van der Waals surface area contributed by atoms with E-state index in [4.69, 9.17) is 4.74 Å². The van der Waals surface area contributed by atoms with Gasteiger partial charge < -0.3 is 15.2 Å². The molecule has 0 saturated carbocycles. The van der Waals surface area contributed by atoms with Gasteiger partial charge in [-0.25, -0.2) is 4.39 Å². The van der Waals surface area contributed by atoms with E-state index in [0.29, 0.717) is 18.7 Å². The summed E-state index contributed by atoms with van der Waals surface area (Å²) in [5.74, 6) is 0.162. The maximum atomic E-state index is 13.9. The van der Waals surface area contributed by atoms with Gasteiger partial charge in [0.1, 0.15) is 5.75 Å². The molecule has 0 unspecified atom stereocenters. The fourth-order valence-electron chi connectivity index (χ4n) is 1.81. The lowest BCUT2D eigenvalue weighted by Crippen LogP contribution is -2.13. The zero-order valence-electron chi connectivity index (χ0n) is 10.7. The maximum Gasteiger partial charge on any atom is 0.169 e. The van der Waals surface area contributed by atoms with E-state index in [1.54, 1.807) is 30.3 Å². The van der Waals surface area contributed by atoms with Crippen molar-refractivity contribution in [2.45, 2.75) is 13.1 Å². The number of phenols is 1. The highest BCUT2D eigenvalue weighted by Crippen LogP contribution is 2.19. The fourth-order valence-corrected chi connectivity index (χ4v) is 1.81. The number of phenolic OH excluding ortho intramolecular Hbond substituents is 1. The van der Waals surface area contributed by atoms with Crippen LogP contribution in [-0.4, -0.2) is 12.2 Å². The van der Waals surface area contributed by atoms with Gasteiger partial charge >= 0.3 is 0 Å². The lowest BCUT2D eigenvalue weighted by molar-refractivity contribution is 0.383. The minimum Gasteiger partial charge on any atom is -0.508 e. The van der Waals surface area contributed by atoms with Gasteiger partial charge in [-0.15, -0.1) is 0 Å². The molecular weight excluding hydrogens is 245 g/mol. The quantitative estimate of drug-likeness (QED) is 0.869. The maximum absolute atomic E-state index is 13.9. The fraction of sp³-hybridized carbons (Fsp3) is 0.200. The van der Waals surface area contributed by atoms with Crippen LogP contribution in [0.5, 0.6) is 11.5 Å². The smallest absolute Gasteiger partial charge is 0.169 e. The lowest BCUT2D eigenvalue weighted by Gasteiger charge is -2.09. The standard InChI is InChI=1S/C15H16FNO2/c1-19-14-4-2-3-12(15(14)16)10-17-9-11-5-7-13(18)8-6-11/h2-8,17-18H,9-10H2,1H3. The van der Waals surface area contributed by atoms with Gasteiger partial charge in [0, 0.05) is 18.7 Å². The van der Waals surface area contributed by atoms with Gasteiger partial charge in [0.05, 0.1) is 7.11 Å². The molecule has 100 valence electrons. The Morgan fingerprint density at radius 3 is 2.53 bits per heavy atom. The predicted octanol–water partition coefficient (Wildman–Crippen LogP) is 2.83. The van der Waals surface area contributed by atoms with E-state index in [2.05, 4.69) is 5.32 Å². The summed E-state index contributed by atoms with van der Waals surface area (Å²) >= 11 is 0. The average molecular weight is 261 g/mol. The highest BCUT2D eigenvalue weighted by molar-refractivity contribution is 5.31. The second-order valence-corrected chi connectivity index (χ2v) is 4.20. The van der Waals surface area contributed by atoms with Crippen molar-refractivity contribution in [3.63, 3.8) is 0 Å². The molecule has 0 radical (unpaired) electrons. The van der Waals surface area contributed by atoms with E-state index in [9.17, 15) is 9.50 Å². The topological polar surface area (TPSA) is 41.5 Å². The molecule has 0 aromatic heterocycles. The van der Waals surface area contributed by atoms with Crippen molar-refractivity contribution in [3.05, 3.63) is 59.4 Å². The summed E-state index contributed by atoms with van der Waals surface area (Å²) in [5.41, 5.74) is 1.60. The van der Waals surface area contributed by atoms with Crippen LogP contribution in [0, 0.1) is 5.82 Å². The first-order valence-corrected chi connectivity index (χ1v) is 6.00. The summed E-state index contributed by atoms with van der Waals surface area (Å²) in [6, 6.07) is 12.0. The third kappa shape index (κ3) is 3.45. The summed E-state index contributed by atoms with van der Waals surface area (Å²) in [5, 5.41) is 12.3. The van der Waals surface area contributed by atoms with Gasteiger partial charge in [0.25, 0.3) is 0 Å². The first-order valence-electron chi connectivity index (χ1n) is 6.00. The van der Waals surface area contributed by atoms with Gasteiger partial charge in [0.2, 0.25) is 0 Å². The van der Waals surface area contributed by atoms with Crippen LogP contribution >= 0.6 is 0 Å². The molecule has 2 N–H and O–H groups in total. The number of rotatable bonds is 5. The van der Waals surface area contributed by atoms with Crippen LogP contribution in [0.2, 0.25) is 0 Å². The summed E-state index contributed by atoms with van der Waals surface area (Å²) in [6.07, 6.45) is 0. The van der Waals surface area contributed by atoms with E-state index in [0.717, 1.165) is 5.56 Å². The molecule has 19 heavy (non-hydrogen) atoms. The van der Waals surface area contributed by atoms with E-state index in [1.807, 2.05) is 12.1 Å². The number of benzene rings is 2. The van der Waals surface area contributed by atoms with Crippen molar-refractivity contribution >= 4 is 0 Å². The summed E-state index contributed by atoms with van der Waals surface area (Å²) < 4.78 is 18.8. The molecule has 0 aliphatic rings. The van der Waals surface area contributed by atoms with Crippen LogP contribution in [-0.2, 0) is 13.1 Å². The number of ether oxygens (including phenoxy) is 1. The van der Waals surface area contributed by atoms with Crippen LogP contribution in [0.15, 0.2) is 42.5 Å². The number of methoxy groups -OCH3 is 1. The zero-order chi connectivity index (χ0) is 13.7. The predicted molar refractivity (Wildman–Crippen MR) is 71.6 cm³/mol. The molecule has 0 amide bonds. The van der Waals surface area contributed by atoms with Crippen LogP contribution in [0.1, 0.15) is 11.1 Å². The Labute approximate surface area is 111 Å². The molecule has 0 heterocycles. The van der Waals surface area contributed by atoms with E-state index >= 15 is 0 Å². The Morgan fingerprint density at radius 2 is 1.84 bits per heavy atom. The zero-order valence-corrected chi connectivity index (χ0v) is 10.7. The average Bonchev–Trinajstić information content (AvgIpc) is 2.43. The first kappa shape index (κ1) is 13.4. The van der Waals surface area contributed by atoms with Crippen molar-refractivity contribution < 1.29 is 14.2 Å². The third-order valence-electron chi connectivity index (χ3n) is 2.84. The Hall–Kier alpha value is -2.07. The summed E-state index contributed by atoms with van der Waals surface area (Å²) in [6.45, 7) is 1.03. The van der Waals surface area contributed by atoms with Gasteiger partial charge in [-0.3, -0.25) is 0 Å². The minimum absolute atomic E-state index is 0.239. The molecule has 0 aliphatic carbocycles. The second-order valence-electron chi connectivity index (χ2n) is 4.20. The normalized spacial score (nSPS) is 10.4. The van der Waals surface area contributed by atoms with Gasteiger partial charge in [-0.05, 0) is 23.8 Å². The molecule has 2 rings (SSSR count). The molecule has 0 atom stereocenters. The largest absolute Gasteiger partial charge is 0.508 e. The number of hydrogen-bond acceptors (Lipinski definition) is 3. The molecule has 0 aliphatic heterocycles. The number of aromatic hydroxyl groups is 1. The number of nitrogens with one attached hydrogen (secondary N) is 1. The van der Waals surface area contributed by atoms with E-state index < -0.39 is 0 Å². The van der Waals surface area contributed by atoms with Crippen molar-refractivity contribution in [1.82, 2.24) is 5.32 Å². The molecule has 2 aromatic rings. The van der Waals surface area contributed by atoms with E-state index in [1.165, 1.54) is 7.11 Å². The van der Waals surface area contributed by atoms with Crippen LogP contribution < -0.4 is 10.1 Å². The van der Waals surface area contributed by atoms with Gasteiger partial charge in [-0.1, -0.05) is 24.3 Å². The number of hydrogen-bond donors (Lipinski definition) is 2. The van der Waals surface area contributed by atoms with Crippen molar-refractivity contribution in [2.75, 3.05) is 7.11 Å². The Kier molecular flexibility index (Phi) is 4.36. The molecule has 0 bridgehead atoms. The molecule has 3 nitrogen and oxygen atoms in total. The van der Waals surface area contributed by atoms with Gasteiger partial charge in [0.15, 0.2) is 11.6 Å². The third-order valence-corrected chi connectivity index (χ3v) is 2.84. The molecule has 0 saturated heterocycles. The number of halogens is 1. The molecule has 4 heteroatoms. The van der Waals surface area contributed by atoms with Crippen molar-refractivity contribution in [3.8, 4) is 11.5 Å². The molecular formula is C15H16FNO2. The SMILES string of the molecule is COc1cccc(CNCc2ccc(O)cc2)c1F. The highest BCUT2D eigenvalue weighted by Gasteiger charge is 2.07. The van der Waals surface area contributed by atoms with Crippen LogP contribution in [0.4, 0.5) is 4.39 Å². The lowest BCUT2D eigenvalue weighted by atomic mass is 10.2. The van der Waals surface area contributed by atoms with Crippen molar-refractivity contribution in [2.24, 2.45) is 0 Å². The molecule has 2 aromatic carbocycles. The van der Waals surface area contributed by atoms with E-state index in [-0.39, 0.29) is 17.3 Å². The monoisotopic (exact) mass is 261 g/mol. The Balaban J connectivity index is 1.94. The van der Waals surface area contributed by atoms with Crippen molar-refractivity contribution in [1.29, 1.82) is 0 Å². The first-order chi connectivity index (χ1) is 9.20. The Bertz CT molecular complexity index is 540. The summed E-state index contributed by atoms with van der Waals surface area (Å²) in [4.78, 5) is 0.